The monoisotopic (exact) mass is 355 g/mol. The molecule has 1 aliphatic heterocycles. The first-order valence-electron chi connectivity index (χ1n) is 8.68. The minimum absolute atomic E-state index is 0.281. The molecule has 0 bridgehead atoms. The van der Waals surface area contributed by atoms with Gasteiger partial charge in [-0.2, -0.15) is 4.98 Å². The third kappa shape index (κ3) is 2.25. The number of fused-ring (bicyclic) bond motifs is 3. The first-order valence-corrected chi connectivity index (χ1v) is 8.68. The number of aryl methyl sites for hydroxylation is 2. The second kappa shape index (κ2) is 6.05. The fourth-order valence-electron chi connectivity index (χ4n) is 3.57. The van der Waals surface area contributed by atoms with E-state index >= 15 is 0 Å². The molecule has 0 amide bonds. The van der Waals surface area contributed by atoms with Crippen LogP contribution in [0, 0.1) is 0 Å². The molecule has 3 aromatic rings. The highest BCUT2D eigenvalue weighted by atomic mass is 16.5. The van der Waals surface area contributed by atoms with E-state index in [4.69, 9.17) is 4.74 Å². The second-order valence-corrected chi connectivity index (χ2v) is 6.33. The van der Waals surface area contributed by atoms with E-state index in [0.29, 0.717) is 30.2 Å². The number of hydrogen-bond donors (Lipinski definition) is 0. The highest BCUT2D eigenvalue weighted by Gasteiger charge is 2.26. The van der Waals surface area contributed by atoms with Gasteiger partial charge < -0.3 is 14.2 Å². The average Bonchev–Trinajstić information content (AvgIpc) is 3.06. The summed E-state index contributed by atoms with van der Waals surface area (Å²) in [5.41, 5.74) is 1.23. The van der Waals surface area contributed by atoms with Crippen molar-refractivity contribution in [2.75, 3.05) is 18.6 Å². The van der Waals surface area contributed by atoms with Crippen LogP contribution in [0.1, 0.15) is 13.3 Å². The van der Waals surface area contributed by atoms with Crippen molar-refractivity contribution in [3.63, 3.8) is 0 Å². The van der Waals surface area contributed by atoms with Crippen LogP contribution in [0.25, 0.3) is 11.2 Å². The second-order valence-electron chi connectivity index (χ2n) is 6.33. The summed E-state index contributed by atoms with van der Waals surface area (Å²) in [7, 11) is 3.29. The highest BCUT2D eigenvalue weighted by molar-refractivity contribution is 5.77. The summed E-state index contributed by atoms with van der Waals surface area (Å²) in [4.78, 5) is 32.0. The Labute approximate surface area is 149 Å². The molecular weight excluding hydrogens is 334 g/mol. The summed E-state index contributed by atoms with van der Waals surface area (Å²) in [6, 6.07) is 7.74. The molecule has 136 valence electrons. The number of aromatic nitrogens is 4. The SMILES string of the molecule is CCn1c(=O)c2c(nc3n2CCCN3c2cccc(OC)c2)n(C)c1=O. The van der Waals surface area contributed by atoms with Crippen LogP contribution in [0.2, 0.25) is 0 Å². The van der Waals surface area contributed by atoms with Crippen molar-refractivity contribution in [2.24, 2.45) is 7.05 Å². The number of hydrogen-bond acceptors (Lipinski definition) is 5. The van der Waals surface area contributed by atoms with E-state index in [0.717, 1.165) is 24.4 Å². The Morgan fingerprint density at radius 2 is 2.04 bits per heavy atom. The fourth-order valence-corrected chi connectivity index (χ4v) is 3.57. The smallest absolute Gasteiger partial charge is 0.332 e. The lowest BCUT2D eigenvalue weighted by molar-refractivity contribution is 0.415. The number of benzene rings is 1. The molecule has 4 rings (SSSR count). The lowest BCUT2D eigenvalue weighted by Gasteiger charge is -2.29. The van der Waals surface area contributed by atoms with Crippen molar-refractivity contribution < 1.29 is 4.74 Å². The van der Waals surface area contributed by atoms with Crippen molar-refractivity contribution in [3.05, 3.63) is 45.1 Å². The molecule has 0 unspecified atom stereocenters. The fraction of sp³-hybridized carbons (Fsp3) is 0.389. The summed E-state index contributed by atoms with van der Waals surface area (Å²) >= 11 is 0. The van der Waals surface area contributed by atoms with Crippen molar-refractivity contribution in [1.82, 2.24) is 18.7 Å². The molecule has 1 aliphatic rings. The van der Waals surface area contributed by atoms with Crippen molar-refractivity contribution >= 4 is 22.8 Å². The number of nitrogens with zero attached hydrogens (tertiary/aromatic N) is 5. The van der Waals surface area contributed by atoms with Crippen LogP contribution in [-0.2, 0) is 20.1 Å². The molecule has 0 saturated heterocycles. The van der Waals surface area contributed by atoms with Gasteiger partial charge in [-0.05, 0) is 25.5 Å². The van der Waals surface area contributed by atoms with Crippen LogP contribution in [0.3, 0.4) is 0 Å². The molecule has 8 nitrogen and oxygen atoms in total. The van der Waals surface area contributed by atoms with Gasteiger partial charge in [0.15, 0.2) is 11.2 Å². The largest absolute Gasteiger partial charge is 0.497 e. The van der Waals surface area contributed by atoms with Crippen molar-refractivity contribution in [2.45, 2.75) is 26.4 Å². The summed E-state index contributed by atoms with van der Waals surface area (Å²) in [6.45, 7) is 3.61. The molecule has 3 heterocycles. The maximum absolute atomic E-state index is 12.9. The maximum Gasteiger partial charge on any atom is 0.332 e. The molecule has 0 spiro atoms. The van der Waals surface area contributed by atoms with Crippen LogP contribution in [-0.4, -0.2) is 32.3 Å². The minimum Gasteiger partial charge on any atom is -0.497 e. The molecule has 0 aliphatic carbocycles. The lowest BCUT2D eigenvalue weighted by Crippen LogP contribution is -2.39. The average molecular weight is 355 g/mol. The van der Waals surface area contributed by atoms with Crippen LogP contribution >= 0.6 is 0 Å². The van der Waals surface area contributed by atoms with E-state index in [1.807, 2.05) is 28.8 Å². The highest BCUT2D eigenvalue weighted by Crippen LogP contribution is 2.32. The van der Waals surface area contributed by atoms with Gasteiger partial charge in [0.25, 0.3) is 5.56 Å². The molecule has 0 fully saturated rings. The van der Waals surface area contributed by atoms with E-state index in [-0.39, 0.29) is 11.2 Å². The van der Waals surface area contributed by atoms with Crippen molar-refractivity contribution in [1.29, 1.82) is 0 Å². The molecule has 0 saturated carbocycles. The minimum atomic E-state index is -0.339. The van der Waals surface area contributed by atoms with Crippen LogP contribution < -0.4 is 20.9 Å². The first kappa shape index (κ1) is 16.4. The topological polar surface area (TPSA) is 74.3 Å². The summed E-state index contributed by atoms with van der Waals surface area (Å²) < 4.78 is 9.95. The Kier molecular flexibility index (Phi) is 3.82. The first-order chi connectivity index (χ1) is 12.6. The molecule has 0 N–H and O–H groups in total. The molecule has 26 heavy (non-hydrogen) atoms. The molecule has 0 radical (unpaired) electrons. The summed E-state index contributed by atoms with van der Waals surface area (Å²) in [6.07, 6.45) is 0.879. The van der Waals surface area contributed by atoms with Gasteiger partial charge in [0.1, 0.15) is 5.75 Å². The third-order valence-electron chi connectivity index (χ3n) is 4.90. The molecule has 2 aromatic heterocycles. The van der Waals surface area contributed by atoms with Gasteiger partial charge >= 0.3 is 5.69 Å². The zero-order valence-corrected chi connectivity index (χ0v) is 15.1. The Balaban J connectivity index is 1.99. The number of methoxy groups -OCH3 is 1. The van der Waals surface area contributed by atoms with Crippen molar-refractivity contribution in [3.8, 4) is 5.75 Å². The molecule has 0 atom stereocenters. The Bertz CT molecular complexity index is 1110. The van der Waals surface area contributed by atoms with Gasteiger partial charge in [-0.3, -0.25) is 13.9 Å². The van der Waals surface area contributed by atoms with Gasteiger partial charge in [-0.25, -0.2) is 4.79 Å². The zero-order valence-electron chi connectivity index (χ0n) is 15.1. The quantitative estimate of drug-likeness (QED) is 0.711. The Morgan fingerprint density at radius 1 is 1.23 bits per heavy atom. The van der Waals surface area contributed by atoms with Gasteiger partial charge in [0.2, 0.25) is 5.95 Å². The van der Waals surface area contributed by atoms with Gasteiger partial charge in [-0.15, -0.1) is 0 Å². The summed E-state index contributed by atoms with van der Waals surface area (Å²) in [5.74, 6) is 1.44. The number of anilines is 2. The lowest BCUT2D eigenvalue weighted by atomic mass is 10.2. The van der Waals surface area contributed by atoms with E-state index in [1.54, 1.807) is 21.1 Å². The maximum atomic E-state index is 12.9. The standard InChI is InChI=1S/C18H21N5O3/c1-4-21-16(24)14-15(20(2)18(21)25)19-17-22(9-6-10-23(14)17)12-7-5-8-13(11-12)26-3/h5,7-8,11H,4,6,9-10H2,1-3H3. The molecular formula is C18H21N5O3. The number of rotatable bonds is 3. The van der Waals surface area contributed by atoms with Gasteiger partial charge in [-0.1, -0.05) is 6.07 Å². The predicted molar refractivity (Wildman–Crippen MR) is 99.5 cm³/mol. The Hall–Kier alpha value is -3.03. The zero-order chi connectivity index (χ0) is 18.4. The van der Waals surface area contributed by atoms with Crippen LogP contribution in [0.4, 0.5) is 11.6 Å². The van der Waals surface area contributed by atoms with E-state index < -0.39 is 0 Å². The number of imidazole rings is 1. The molecule has 8 heteroatoms. The van der Waals surface area contributed by atoms with E-state index in [9.17, 15) is 9.59 Å². The Morgan fingerprint density at radius 3 is 2.77 bits per heavy atom. The predicted octanol–water partition coefficient (Wildman–Crippen LogP) is 1.47. The van der Waals surface area contributed by atoms with Gasteiger partial charge in [0.05, 0.1) is 7.11 Å². The normalized spacial score (nSPS) is 13.9. The van der Waals surface area contributed by atoms with E-state index in [2.05, 4.69) is 9.88 Å². The number of ether oxygens (including phenoxy) is 1. The van der Waals surface area contributed by atoms with Crippen LogP contribution in [0.15, 0.2) is 33.9 Å². The van der Waals surface area contributed by atoms with Crippen LogP contribution in [0.5, 0.6) is 5.75 Å². The summed E-state index contributed by atoms with van der Waals surface area (Å²) in [5, 5.41) is 0. The van der Waals surface area contributed by atoms with Gasteiger partial charge in [0, 0.05) is 38.4 Å². The third-order valence-corrected chi connectivity index (χ3v) is 4.90. The molecule has 1 aromatic carbocycles. The van der Waals surface area contributed by atoms with E-state index in [1.165, 1.54) is 9.13 Å².